The van der Waals surface area contributed by atoms with Crippen LogP contribution in [-0.4, -0.2) is 22.3 Å². The molecule has 0 aliphatic heterocycles. The average molecular weight is 354 g/mol. The van der Waals surface area contributed by atoms with E-state index >= 15 is 0 Å². The monoisotopic (exact) mass is 353 g/mol. The summed E-state index contributed by atoms with van der Waals surface area (Å²) in [6.07, 6.45) is 5.74. The summed E-state index contributed by atoms with van der Waals surface area (Å²) >= 11 is 12.1. The van der Waals surface area contributed by atoms with Crippen LogP contribution >= 0.6 is 23.2 Å². The van der Waals surface area contributed by atoms with Gasteiger partial charge in [0.1, 0.15) is 0 Å². The smallest absolute Gasteiger partial charge is 0.189 e. The van der Waals surface area contributed by atoms with Crippen LogP contribution in [0.1, 0.15) is 30.5 Å². The highest BCUT2D eigenvalue weighted by atomic mass is 35.5. The quantitative estimate of drug-likeness (QED) is 0.475. The van der Waals surface area contributed by atoms with Crippen LogP contribution < -0.4 is 11.1 Å². The maximum Gasteiger partial charge on any atom is 0.189 e. The normalized spacial score (nSPS) is 13.1. The second-order valence-electron chi connectivity index (χ2n) is 5.42. The van der Waals surface area contributed by atoms with Crippen LogP contribution in [0.2, 0.25) is 10.0 Å². The molecule has 1 aromatic heterocycles. The predicted octanol–water partition coefficient (Wildman–Crippen LogP) is 3.33. The summed E-state index contributed by atoms with van der Waals surface area (Å²) in [5.41, 5.74) is 8.07. The fourth-order valence-electron chi connectivity index (χ4n) is 2.28. The molecule has 1 heterocycles. The lowest BCUT2D eigenvalue weighted by Gasteiger charge is -2.16. The number of hydrogen-bond donors (Lipinski definition) is 2. The van der Waals surface area contributed by atoms with Gasteiger partial charge in [0.25, 0.3) is 0 Å². The van der Waals surface area contributed by atoms with Crippen molar-refractivity contribution in [2.75, 3.05) is 6.54 Å². The third kappa shape index (κ3) is 5.44. The molecule has 1 atom stereocenters. The van der Waals surface area contributed by atoms with E-state index in [2.05, 4.69) is 15.4 Å². The van der Waals surface area contributed by atoms with Crippen molar-refractivity contribution in [3.05, 3.63) is 51.8 Å². The van der Waals surface area contributed by atoms with Crippen molar-refractivity contribution in [3.8, 4) is 0 Å². The molecule has 2 rings (SSSR count). The molecule has 5 nitrogen and oxygen atoms in total. The Balaban J connectivity index is 1.81. The van der Waals surface area contributed by atoms with Crippen LogP contribution in [0.3, 0.4) is 0 Å². The van der Waals surface area contributed by atoms with Gasteiger partial charge < -0.3 is 11.1 Å². The minimum absolute atomic E-state index is 0.0400. The molecule has 0 amide bonds. The van der Waals surface area contributed by atoms with Gasteiger partial charge in [-0.1, -0.05) is 29.3 Å². The van der Waals surface area contributed by atoms with Crippen LogP contribution in [-0.2, 0) is 13.5 Å². The summed E-state index contributed by atoms with van der Waals surface area (Å²) in [5, 5.41) is 8.51. The number of aliphatic imine (C=N–C) groups is 1. The van der Waals surface area contributed by atoms with E-state index in [9.17, 15) is 0 Å². The summed E-state index contributed by atoms with van der Waals surface area (Å²) in [5.74, 6) is 0.412. The fourth-order valence-corrected chi connectivity index (χ4v) is 2.85. The van der Waals surface area contributed by atoms with Gasteiger partial charge in [-0.15, -0.1) is 0 Å². The Morgan fingerprint density at radius 1 is 1.43 bits per heavy atom. The lowest BCUT2D eigenvalue weighted by Crippen LogP contribution is -2.34. The highest BCUT2D eigenvalue weighted by Crippen LogP contribution is 2.25. The van der Waals surface area contributed by atoms with E-state index in [4.69, 9.17) is 28.9 Å². The first-order valence-electron chi connectivity index (χ1n) is 7.44. The molecule has 0 saturated heterocycles. The van der Waals surface area contributed by atoms with E-state index < -0.39 is 0 Å². The van der Waals surface area contributed by atoms with Crippen molar-refractivity contribution in [2.24, 2.45) is 17.8 Å². The third-order valence-corrected chi connectivity index (χ3v) is 4.02. The van der Waals surface area contributed by atoms with Gasteiger partial charge in [-0.3, -0.25) is 9.67 Å². The first-order chi connectivity index (χ1) is 11.0. The molecule has 0 aliphatic rings. The summed E-state index contributed by atoms with van der Waals surface area (Å²) in [6.45, 7) is 2.64. The van der Waals surface area contributed by atoms with E-state index in [1.54, 1.807) is 10.7 Å². The van der Waals surface area contributed by atoms with Gasteiger partial charge in [0, 0.05) is 29.8 Å². The minimum Gasteiger partial charge on any atom is -0.370 e. The molecule has 1 aromatic carbocycles. The molecule has 0 aliphatic carbocycles. The van der Waals surface area contributed by atoms with Gasteiger partial charge in [-0.25, -0.2) is 0 Å². The van der Waals surface area contributed by atoms with Gasteiger partial charge in [0.05, 0.1) is 12.2 Å². The molecule has 0 spiro atoms. The Kier molecular flexibility index (Phi) is 6.30. The van der Waals surface area contributed by atoms with Crippen molar-refractivity contribution in [2.45, 2.75) is 25.8 Å². The number of hydrogen-bond acceptors (Lipinski definition) is 2. The highest BCUT2D eigenvalue weighted by Gasteiger charge is 2.10. The lowest BCUT2D eigenvalue weighted by atomic mass is 10.1. The highest BCUT2D eigenvalue weighted by molar-refractivity contribution is 6.35. The molecule has 3 N–H and O–H groups in total. The van der Waals surface area contributed by atoms with E-state index in [-0.39, 0.29) is 6.04 Å². The topological polar surface area (TPSA) is 68.2 Å². The summed E-state index contributed by atoms with van der Waals surface area (Å²) in [6, 6.07) is 5.37. The van der Waals surface area contributed by atoms with Crippen LogP contribution in [0.25, 0.3) is 0 Å². The Bertz CT molecular complexity index is 681. The van der Waals surface area contributed by atoms with Gasteiger partial charge in [-0.05, 0) is 43.0 Å². The van der Waals surface area contributed by atoms with E-state index in [0.29, 0.717) is 22.5 Å². The van der Waals surface area contributed by atoms with Gasteiger partial charge in [-0.2, -0.15) is 5.10 Å². The minimum atomic E-state index is -0.0400. The maximum atomic E-state index is 6.19. The first-order valence-corrected chi connectivity index (χ1v) is 8.20. The van der Waals surface area contributed by atoms with Gasteiger partial charge in [0.15, 0.2) is 5.96 Å². The van der Waals surface area contributed by atoms with E-state index in [0.717, 1.165) is 18.4 Å². The number of aromatic nitrogens is 2. The zero-order valence-corrected chi connectivity index (χ0v) is 14.8. The zero-order valence-electron chi connectivity index (χ0n) is 13.3. The van der Waals surface area contributed by atoms with Crippen LogP contribution in [0.5, 0.6) is 0 Å². The second kappa shape index (κ2) is 8.22. The molecule has 7 heteroatoms. The van der Waals surface area contributed by atoms with Crippen molar-refractivity contribution in [1.82, 2.24) is 15.1 Å². The Labute approximate surface area is 146 Å². The SMILES string of the molecule is CC(NC(N)=NCCCc1cnn(C)c1)c1ccc(Cl)cc1Cl. The number of guanidine groups is 1. The first kappa shape index (κ1) is 17.6. The number of benzene rings is 1. The van der Waals surface area contributed by atoms with Crippen LogP contribution in [0.4, 0.5) is 0 Å². The summed E-state index contributed by atoms with van der Waals surface area (Å²) < 4.78 is 1.80. The standard InChI is InChI=1S/C16H21Cl2N5/c1-11(14-6-5-13(17)8-15(14)18)22-16(19)20-7-3-4-12-9-21-23(2)10-12/h5-6,8-11H,3-4,7H2,1-2H3,(H3,19,20,22). The number of nitrogens with two attached hydrogens (primary N) is 1. The van der Waals surface area contributed by atoms with Crippen LogP contribution in [0, 0.1) is 0 Å². The Hall–Kier alpha value is -1.72. The molecule has 124 valence electrons. The molecule has 0 bridgehead atoms. The van der Waals surface area contributed by atoms with Crippen molar-refractivity contribution in [1.29, 1.82) is 0 Å². The molecule has 0 radical (unpaired) electrons. The molecule has 0 saturated carbocycles. The lowest BCUT2D eigenvalue weighted by molar-refractivity contribution is 0.704. The summed E-state index contributed by atoms with van der Waals surface area (Å²) in [4.78, 5) is 4.35. The second-order valence-corrected chi connectivity index (χ2v) is 6.27. The predicted molar refractivity (Wildman–Crippen MR) is 96.0 cm³/mol. The molecular formula is C16H21Cl2N5. The van der Waals surface area contributed by atoms with E-state index in [1.165, 1.54) is 5.56 Å². The largest absolute Gasteiger partial charge is 0.370 e. The van der Waals surface area contributed by atoms with E-state index in [1.807, 2.05) is 38.5 Å². The molecular weight excluding hydrogens is 333 g/mol. The van der Waals surface area contributed by atoms with Gasteiger partial charge >= 0.3 is 0 Å². The maximum absolute atomic E-state index is 6.19. The number of nitrogens with one attached hydrogen (secondary N) is 1. The Morgan fingerprint density at radius 3 is 2.87 bits per heavy atom. The molecule has 0 fully saturated rings. The van der Waals surface area contributed by atoms with Crippen molar-refractivity contribution < 1.29 is 0 Å². The Morgan fingerprint density at radius 2 is 2.22 bits per heavy atom. The molecule has 23 heavy (non-hydrogen) atoms. The molecule has 1 unspecified atom stereocenters. The van der Waals surface area contributed by atoms with Gasteiger partial charge in [0.2, 0.25) is 0 Å². The van der Waals surface area contributed by atoms with Crippen LogP contribution in [0.15, 0.2) is 35.6 Å². The average Bonchev–Trinajstić information content (AvgIpc) is 2.89. The molecule has 2 aromatic rings. The van der Waals surface area contributed by atoms with Crippen molar-refractivity contribution >= 4 is 29.2 Å². The third-order valence-electron chi connectivity index (χ3n) is 3.46. The fraction of sp³-hybridized carbons (Fsp3) is 0.375. The zero-order chi connectivity index (χ0) is 16.8. The van der Waals surface area contributed by atoms with Crippen molar-refractivity contribution in [3.63, 3.8) is 0 Å². The number of halogens is 2. The summed E-state index contributed by atoms with van der Waals surface area (Å²) in [7, 11) is 1.91. The number of nitrogens with zero attached hydrogens (tertiary/aromatic N) is 3. The number of rotatable bonds is 6. The number of aryl methyl sites for hydroxylation is 2.